The van der Waals surface area contributed by atoms with Gasteiger partial charge in [-0.1, -0.05) is 66.8 Å². The largest absolute Gasteiger partial charge is 0.374 e. The lowest BCUT2D eigenvalue weighted by Gasteiger charge is -2.10. The van der Waals surface area contributed by atoms with Gasteiger partial charge in [0.2, 0.25) is 5.13 Å². The van der Waals surface area contributed by atoms with Gasteiger partial charge in [-0.3, -0.25) is 4.79 Å². The van der Waals surface area contributed by atoms with Gasteiger partial charge in [-0.2, -0.15) is 0 Å². The van der Waals surface area contributed by atoms with Crippen molar-refractivity contribution in [3.05, 3.63) is 76.3 Å². The standard InChI is InChI=1S/C17H15N3OS/c1-11(16-19-20-17(18)22-16)13-8-5-9-14(10-13)15(21)12-6-3-2-4-7-12/h2-11H,1H3,(H2,18,20). The Morgan fingerprint density at radius 1 is 1.05 bits per heavy atom. The molecule has 0 amide bonds. The first-order valence-electron chi connectivity index (χ1n) is 6.94. The van der Waals surface area contributed by atoms with Crippen molar-refractivity contribution < 1.29 is 4.79 Å². The van der Waals surface area contributed by atoms with E-state index in [1.165, 1.54) is 11.3 Å². The number of aromatic nitrogens is 2. The maximum absolute atomic E-state index is 12.5. The Labute approximate surface area is 132 Å². The van der Waals surface area contributed by atoms with Crippen LogP contribution in [0.3, 0.4) is 0 Å². The summed E-state index contributed by atoms with van der Waals surface area (Å²) in [6.07, 6.45) is 0. The van der Waals surface area contributed by atoms with Crippen LogP contribution in [0, 0.1) is 0 Å². The van der Waals surface area contributed by atoms with Crippen LogP contribution in [-0.4, -0.2) is 16.0 Å². The predicted molar refractivity (Wildman–Crippen MR) is 88.2 cm³/mol. The molecule has 0 fully saturated rings. The zero-order valence-electron chi connectivity index (χ0n) is 12.1. The number of nitrogens with two attached hydrogens (primary N) is 1. The number of nitrogens with zero attached hydrogens (tertiary/aromatic N) is 2. The fourth-order valence-electron chi connectivity index (χ4n) is 2.27. The molecule has 4 nitrogen and oxygen atoms in total. The fourth-order valence-corrected chi connectivity index (χ4v) is 2.96. The highest BCUT2D eigenvalue weighted by atomic mass is 32.1. The lowest BCUT2D eigenvalue weighted by molar-refractivity contribution is 0.103. The Kier molecular flexibility index (Phi) is 3.98. The summed E-state index contributed by atoms with van der Waals surface area (Å²) in [5.41, 5.74) is 8.03. The quantitative estimate of drug-likeness (QED) is 0.749. The molecule has 1 atom stereocenters. The minimum atomic E-state index is 0.0198. The average Bonchev–Trinajstić information content (AvgIpc) is 3.01. The second-order valence-corrected chi connectivity index (χ2v) is 6.06. The molecule has 0 aliphatic rings. The van der Waals surface area contributed by atoms with Crippen LogP contribution in [0.4, 0.5) is 5.13 Å². The summed E-state index contributed by atoms with van der Waals surface area (Å²) < 4.78 is 0. The van der Waals surface area contributed by atoms with Crippen LogP contribution in [0.25, 0.3) is 0 Å². The molecule has 22 heavy (non-hydrogen) atoms. The van der Waals surface area contributed by atoms with Crippen molar-refractivity contribution >= 4 is 22.3 Å². The van der Waals surface area contributed by atoms with Crippen LogP contribution in [0.5, 0.6) is 0 Å². The third-order valence-electron chi connectivity index (χ3n) is 3.51. The molecule has 2 N–H and O–H groups in total. The van der Waals surface area contributed by atoms with E-state index in [1.54, 1.807) is 0 Å². The molecule has 0 aliphatic heterocycles. The number of ketones is 1. The van der Waals surface area contributed by atoms with Crippen molar-refractivity contribution in [2.24, 2.45) is 0 Å². The van der Waals surface area contributed by atoms with E-state index in [0.717, 1.165) is 10.6 Å². The van der Waals surface area contributed by atoms with Gasteiger partial charge in [0.25, 0.3) is 0 Å². The zero-order chi connectivity index (χ0) is 15.5. The number of hydrogen-bond acceptors (Lipinski definition) is 5. The molecule has 1 unspecified atom stereocenters. The van der Waals surface area contributed by atoms with Crippen molar-refractivity contribution in [1.82, 2.24) is 10.2 Å². The zero-order valence-corrected chi connectivity index (χ0v) is 12.9. The smallest absolute Gasteiger partial charge is 0.203 e. The van der Waals surface area contributed by atoms with Crippen LogP contribution < -0.4 is 5.73 Å². The van der Waals surface area contributed by atoms with E-state index in [1.807, 2.05) is 61.5 Å². The van der Waals surface area contributed by atoms with Gasteiger partial charge in [0, 0.05) is 17.0 Å². The van der Waals surface area contributed by atoms with Crippen LogP contribution >= 0.6 is 11.3 Å². The Morgan fingerprint density at radius 3 is 2.45 bits per heavy atom. The van der Waals surface area contributed by atoms with E-state index >= 15 is 0 Å². The van der Waals surface area contributed by atoms with E-state index in [-0.39, 0.29) is 11.7 Å². The highest BCUT2D eigenvalue weighted by Gasteiger charge is 2.16. The van der Waals surface area contributed by atoms with Crippen LogP contribution in [0.2, 0.25) is 0 Å². The van der Waals surface area contributed by atoms with Gasteiger partial charge in [0.15, 0.2) is 5.78 Å². The molecule has 2 aromatic carbocycles. The molecular formula is C17H15N3OS. The molecule has 5 heteroatoms. The van der Waals surface area contributed by atoms with Gasteiger partial charge < -0.3 is 5.73 Å². The van der Waals surface area contributed by atoms with Gasteiger partial charge in [0.05, 0.1) is 0 Å². The van der Waals surface area contributed by atoms with Crippen LogP contribution in [0.1, 0.15) is 39.3 Å². The van der Waals surface area contributed by atoms with E-state index < -0.39 is 0 Å². The third-order valence-corrected chi connectivity index (χ3v) is 4.45. The van der Waals surface area contributed by atoms with Crippen molar-refractivity contribution in [2.75, 3.05) is 5.73 Å². The molecule has 0 saturated heterocycles. The molecule has 0 aliphatic carbocycles. The lowest BCUT2D eigenvalue weighted by Crippen LogP contribution is -2.03. The van der Waals surface area contributed by atoms with Crippen molar-refractivity contribution in [3.63, 3.8) is 0 Å². The summed E-state index contributed by atoms with van der Waals surface area (Å²) in [5.74, 6) is 0.0738. The molecule has 3 aromatic rings. The Hall–Kier alpha value is -2.53. The minimum Gasteiger partial charge on any atom is -0.374 e. The molecule has 0 saturated carbocycles. The van der Waals surface area contributed by atoms with Gasteiger partial charge in [-0.05, 0) is 11.6 Å². The summed E-state index contributed by atoms with van der Waals surface area (Å²) in [6, 6.07) is 16.9. The Balaban J connectivity index is 1.91. The number of carbonyl (C=O) groups is 1. The van der Waals surface area contributed by atoms with Gasteiger partial charge in [-0.15, -0.1) is 10.2 Å². The van der Waals surface area contributed by atoms with Crippen molar-refractivity contribution in [2.45, 2.75) is 12.8 Å². The van der Waals surface area contributed by atoms with E-state index in [4.69, 9.17) is 5.73 Å². The first kappa shape index (κ1) is 14.4. The molecule has 1 aromatic heterocycles. The number of benzene rings is 2. The van der Waals surface area contributed by atoms with Gasteiger partial charge in [0.1, 0.15) is 5.01 Å². The fraction of sp³-hybridized carbons (Fsp3) is 0.118. The van der Waals surface area contributed by atoms with E-state index in [2.05, 4.69) is 10.2 Å². The first-order valence-corrected chi connectivity index (χ1v) is 7.75. The second kappa shape index (κ2) is 6.07. The average molecular weight is 309 g/mol. The molecule has 3 rings (SSSR count). The highest BCUT2D eigenvalue weighted by Crippen LogP contribution is 2.28. The van der Waals surface area contributed by atoms with Crippen LogP contribution in [0.15, 0.2) is 54.6 Å². The van der Waals surface area contributed by atoms with Gasteiger partial charge in [-0.25, -0.2) is 0 Å². The topological polar surface area (TPSA) is 68.9 Å². The first-order chi connectivity index (χ1) is 10.6. The minimum absolute atomic E-state index is 0.0198. The third kappa shape index (κ3) is 2.89. The van der Waals surface area contributed by atoms with Crippen molar-refractivity contribution in [3.8, 4) is 0 Å². The number of carbonyl (C=O) groups excluding carboxylic acids is 1. The lowest BCUT2D eigenvalue weighted by atomic mass is 9.96. The van der Waals surface area contributed by atoms with Crippen LogP contribution in [-0.2, 0) is 0 Å². The second-order valence-electron chi connectivity index (χ2n) is 5.02. The summed E-state index contributed by atoms with van der Waals surface area (Å²) in [7, 11) is 0. The highest BCUT2D eigenvalue weighted by molar-refractivity contribution is 7.15. The normalized spacial score (nSPS) is 12.0. The molecular weight excluding hydrogens is 294 g/mol. The summed E-state index contributed by atoms with van der Waals surface area (Å²) >= 11 is 1.37. The number of nitrogen functional groups attached to an aromatic ring is 1. The molecule has 0 radical (unpaired) electrons. The molecule has 0 spiro atoms. The molecule has 0 bridgehead atoms. The van der Waals surface area contributed by atoms with Crippen molar-refractivity contribution in [1.29, 1.82) is 0 Å². The SMILES string of the molecule is CC(c1cccc(C(=O)c2ccccc2)c1)c1nnc(N)s1. The summed E-state index contributed by atoms with van der Waals surface area (Å²) in [4.78, 5) is 12.5. The van der Waals surface area contributed by atoms with Gasteiger partial charge >= 0.3 is 0 Å². The molecule has 110 valence electrons. The molecule has 1 heterocycles. The summed E-state index contributed by atoms with van der Waals surface area (Å²) in [6.45, 7) is 2.03. The number of anilines is 1. The number of rotatable bonds is 4. The van der Waals surface area contributed by atoms with E-state index in [9.17, 15) is 4.79 Å². The predicted octanol–water partition coefficient (Wildman–Crippen LogP) is 3.50. The monoisotopic (exact) mass is 309 g/mol. The maximum Gasteiger partial charge on any atom is 0.203 e. The Morgan fingerprint density at radius 2 is 1.77 bits per heavy atom. The Bertz CT molecular complexity index is 798. The van der Waals surface area contributed by atoms with E-state index in [0.29, 0.717) is 16.3 Å². The summed E-state index contributed by atoms with van der Waals surface area (Å²) in [5, 5.41) is 9.24. The number of hydrogen-bond donors (Lipinski definition) is 1. The maximum atomic E-state index is 12.5.